The first-order valence-electron chi connectivity index (χ1n) is 1.81. The topological polar surface area (TPSA) is 30.8 Å². The number of hydrogen-bond acceptors (Lipinski definition) is 4. The lowest BCUT2D eigenvalue weighted by Crippen LogP contribution is -1.74. The lowest BCUT2D eigenvalue weighted by molar-refractivity contribution is 0.342. The van der Waals surface area contributed by atoms with Gasteiger partial charge in [-0.1, -0.05) is 0 Å². The summed E-state index contributed by atoms with van der Waals surface area (Å²) >= 11 is 4.30. The Kier molecular flexibility index (Phi) is 5.39. The zero-order valence-electron chi connectivity index (χ0n) is 4.62. The van der Waals surface area contributed by atoms with Gasteiger partial charge in [-0.3, -0.25) is 0 Å². The highest BCUT2D eigenvalue weighted by Crippen LogP contribution is 2.36. The second kappa shape index (κ2) is 5.29. The first kappa shape index (κ1) is 8.15. The minimum absolute atomic E-state index is 1.15. The molecule has 0 aromatic heterocycles. The Morgan fingerprint density at radius 3 is 2.12 bits per heavy atom. The second-order valence-electron chi connectivity index (χ2n) is 0.794. The van der Waals surface area contributed by atoms with E-state index in [1.54, 1.807) is 0 Å². The van der Waals surface area contributed by atoms with Gasteiger partial charge < -0.3 is 9.05 Å². The molecule has 0 spiro atoms. The summed E-state index contributed by atoms with van der Waals surface area (Å²) in [6.07, 6.45) is 0. The van der Waals surface area contributed by atoms with Gasteiger partial charge in [0.1, 0.15) is 0 Å². The molecule has 0 unspecified atom stereocenters. The maximum atomic E-state index is 4.69. The van der Waals surface area contributed by atoms with Gasteiger partial charge in [0, 0.05) is 14.2 Å². The van der Waals surface area contributed by atoms with Crippen LogP contribution in [0.2, 0.25) is 0 Å². The Bertz CT molecular complexity index is 99.5. The lowest BCUT2D eigenvalue weighted by atomic mass is 11.8. The number of rotatable bonds is 3. The van der Waals surface area contributed by atoms with Gasteiger partial charge in [0.25, 0.3) is 0 Å². The minimum Gasteiger partial charge on any atom is -0.319 e. The smallest absolute Gasteiger partial charge is 0.319 e. The van der Waals surface area contributed by atoms with Crippen molar-refractivity contribution in [1.29, 1.82) is 0 Å². The van der Waals surface area contributed by atoms with E-state index >= 15 is 0 Å². The van der Waals surface area contributed by atoms with E-state index in [1.165, 1.54) is 14.2 Å². The zero-order valence-corrected chi connectivity index (χ0v) is 6.33. The molecule has 3 nitrogen and oxygen atoms in total. The molecule has 0 amide bonds. The van der Waals surface area contributed by atoms with Crippen LogP contribution in [0.25, 0.3) is 0 Å². The van der Waals surface area contributed by atoms with Crippen LogP contribution < -0.4 is 0 Å². The van der Waals surface area contributed by atoms with E-state index in [-0.39, 0.29) is 0 Å². The van der Waals surface area contributed by atoms with Gasteiger partial charge in [-0.05, 0) is 12.2 Å². The molecular formula is C3H6NO2PS. The van der Waals surface area contributed by atoms with Crippen LogP contribution in [-0.4, -0.2) is 19.4 Å². The minimum atomic E-state index is -1.15. The van der Waals surface area contributed by atoms with E-state index in [0.717, 1.165) is 0 Å². The van der Waals surface area contributed by atoms with Crippen molar-refractivity contribution < 1.29 is 9.05 Å². The van der Waals surface area contributed by atoms with E-state index in [0.29, 0.717) is 0 Å². The molecule has 0 atom stereocenters. The van der Waals surface area contributed by atoms with Gasteiger partial charge in [0.15, 0.2) is 0 Å². The van der Waals surface area contributed by atoms with Crippen molar-refractivity contribution in [2.45, 2.75) is 0 Å². The predicted molar refractivity (Wildman–Crippen MR) is 36.0 cm³/mol. The van der Waals surface area contributed by atoms with Gasteiger partial charge in [-0.15, -0.1) is 0 Å². The van der Waals surface area contributed by atoms with Crippen molar-refractivity contribution in [3.63, 3.8) is 0 Å². The average molecular weight is 151 g/mol. The van der Waals surface area contributed by atoms with Crippen molar-refractivity contribution in [1.82, 2.24) is 0 Å². The van der Waals surface area contributed by atoms with Gasteiger partial charge >= 0.3 is 8.53 Å². The maximum absolute atomic E-state index is 4.69. The van der Waals surface area contributed by atoms with Crippen molar-refractivity contribution in [3.05, 3.63) is 0 Å². The predicted octanol–water partition coefficient (Wildman–Crippen LogP) is 1.61. The Hall–Kier alpha value is 0.150. The summed E-state index contributed by atoms with van der Waals surface area (Å²) < 4.78 is 12.9. The fourth-order valence-corrected chi connectivity index (χ4v) is 0.769. The molecule has 0 fully saturated rings. The molecule has 46 valence electrons. The van der Waals surface area contributed by atoms with E-state index in [9.17, 15) is 0 Å². The van der Waals surface area contributed by atoms with Gasteiger partial charge in [0.05, 0.1) is 5.16 Å². The summed E-state index contributed by atoms with van der Waals surface area (Å²) in [5, 5.41) is 2.16. The maximum Gasteiger partial charge on any atom is 0.319 e. The molecular weight excluding hydrogens is 145 g/mol. The summed E-state index contributed by atoms with van der Waals surface area (Å²) in [4.78, 5) is 0. The highest BCUT2D eigenvalue weighted by Gasteiger charge is 1.99. The zero-order chi connectivity index (χ0) is 6.41. The number of thiocarbonyl (C=S) groups is 1. The summed E-state index contributed by atoms with van der Waals surface area (Å²) in [5.41, 5.74) is 0. The summed E-state index contributed by atoms with van der Waals surface area (Å²) in [6.45, 7) is 0. The van der Waals surface area contributed by atoms with Crippen LogP contribution in [-0.2, 0) is 9.05 Å². The normalized spacial score (nSPS) is 8.88. The fraction of sp³-hybridized carbons (Fsp3) is 0.667. The van der Waals surface area contributed by atoms with Crippen LogP contribution in [0.5, 0.6) is 0 Å². The van der Waals surface area contributed by atoms with E-state index < -0.39 is 8.53 Å². The van der Waals surface area contributed by atoms with Gasteiger partial charge in [0.2, 0.25) is 0 Å². The van der Waals surface area contributed by atoms with Crippen LogP contribution in [0, 0.1) is 0 Å². The Morgan fingerprint density at radius 1 is 1.50 bits per heavy atom. The van der Waals surface area contributed by atoms with Crippen LogP contribution in [0.3, 0.4) is 0 Å². The van der Waals surface area contributed by atoms with Crippen molar-refractivity contribution in [3.8, 4) is 0 Å². The average Bonchev–Trinajstić information content (AvgIpc) is 1.83. The van der Waals surface area contributed by atoms with Crippen LogP contribution in [0.15, 0.2) is 4.76 Å². The third-order valence-corrected chi connectivity index (χ3v) is 1.55. The Balaban J connectivity index is 3.52. The van der Waals surface area contributed by atoms with Crippen LogP contribution in [0.4, 0.5) is 0 Å². The van der Waals surface area contributed by atoms with Crippen molar-refractivity contribution in [2.24, 2.45) is 4.76 Å². The van der Waals surface area contributed by atoms with Gasteiger partial charge in [-0.2, -0.15) is 4.76 Å². The summed E-state index contributed by atoms with van der Waals surface area (Å²) in [5.74, 6) is 0. The molecule has 0 bridgehead atoms. The van der Waals surface area contributed by atoms with E-state index in [1.807, 2.05) is 0 Å². The molecule has 0 aromatic carbocycles. The second-order valence-corrected chi connectivity index (χ2v) is 2.38. The fourth-order valence-electron chi connectivity index (χ4n) is 0.190. The first-order chi connectivity index (χ1) is 3.85. The van der Waals surface area contributed by atoms with Crippen molar-refractivity contribution >= 4 is 25.9 Å². The summed E-state index contributed by atoms with van der Waals surface area (Å²) in [6, 6.07) is 0. The highest BCUT2D eigenvalue weighted by atomic mass is 32.1. The molecule has 0 saturated heterocycles. The van der Waals surface area contributed by atoms with Crippen LogP contribution in [0.1, 0.15) is 0 Å². The molecule has 0 aliphatic rings. The molecule has 0 aromatic rings. The van der Waals surface area contributed by atoms with E-state index in [4.69, 9.17) is 0 Å². The molecule has 0 heterocycles. The van der Waals surface area contributed by atoms with Crippen LogP contribution >= 0.6 is 20.7 Å². The monoisotopic (exact) mass is 151 g/mol. The number of hydrogen-bond donors (Lipinski definition) is 0. The Labute approximate surface area is 54.7 Å². The third kappa shape index (κ3) is 3.19. The van der Waals surface area contributed by atoms with Crippen molar-refractivity contribution in [2.75, 3.05) is 14.2 Å². The standard InChI is InChI=1S/C3H6NO2PS/c1-5-7(6-2)4-3-8/h1-2H3. The molecule has 8 heavy (non-hydrogen) atoms. The Morgan fingerprint density at radius 2 is 2.00 bits per heavy atom. The highest BCUT2D eigenvalue weighted by molar-refractivity contribution is 7.78. The quantitative estimate of drug-likeness (QED) is 0.349. The molecule has 0 aliphatic carbocycles. The molecule has 0 N–H and O–H groups in total. The third-order valence-electron chi connectivity index (χ3n) is 0.435. The largest absolute Gasteiger partial charge is 0.319 e. The summed E-state index contributed by atoms with van der Waals surface area (Å²) in [7, 11) is 1.86. The lowest BCUT2D eigenvalue weighted by Gasteiger charge is -2.00. The number of nitrogens with zero attached hydrogens (tertiary/aromatic N) is 1. The van der Waals surface area contributed by atoms with E-state index in [2.05, 4.69) is 31.2 Å². The molecule has 0 aliphatic heterocycles. The molecule has 0 saturated carbocycles. The number of isothiocyanates is 1. The molecule has 5 heteroatoms. The SMILES string of the molecule is COP(N=C=S)OC. The molecule has 0 radical (unpaired) electrons. The first-order valence-corrected chi connectivity index (χ1v) is 3.35. The molecule has 0 rings (SSSR count). The van der Waals surface area contributed by atoms with Gasteiger partial charge in [-0.25, -0.2) is 0 Å².